The van der Waals surface area contributed by atoms with E-state index in [0.29, 0.717) is 34.2 Å². The highest BCUT2D eigenvalue weighted by atomic mass is 19.1. The number of aryl methyl sites for hydroxylation is 1. The number of likely N-dealkylation sites (tertiary alicyclic amines) is 1. The maximum Gasteiger partial charge on any atom is 0.321 e. The Morgan fingerprint density at radius 1 is 1.06 bits per heavy atom. The van der Waals surface area contributed by atoms with Gasteiger partial charge in [-0.15, -0.1) is 10.2 Å². The number of carbonyl (C=O) groups excluding carboxylic acids is 1. The molecule has 1 aromatic heterocycles. The van der Waals surface area contributed by atoms with Gasteiger partial charge in [-0.2, -0.15) is 0 Å². The first-order valence-corrected chi connectivity index (χ1v) is 10.8. The summed E-state index contributed by atoms with van der Waals surface area (Å²) in [6.07, 6.45) is 2.04. The van der Waals surface area contributed by atoms with Crippen molar-refractivity contribution in [1.82, 2.24) is 19.7 Å². The Hall–Kier alpha value is -3.55. The number of amides is 2. The lowest BCUT2D eigenvalue weighted by Crippen LogP contribution is -2.32. The number of halogens is 1. The van der Waals surface area contributed by atoms with E-state index < -0.39 is 5.54 Å². The highest BCUT2D eigenvalue weighted by Gasteiger charge is 2.34. The topological polar surface area (TPSA) is 75.4 Å². The molecule has 0 unspecified atom stereocenters. The third-order valence-electron chi connectivity index (χ3n) is 6.03. The molecule has 3 heterocycles. The molecule has 2 amide bonds. The van der Waals surface area contributed by atoms with E-state index in [4.69, 9.17) is 4.99 Å². The van der Waals surface area contributed by atoms with E-state index in [2.05, 4.69) is 15.5 Å². The number of benzene rings is 2. The number of aliphatic imine (C=N–C) groups is 1. The van der Waals surface area contributed by atoms with Gasteiger partial charge >= 0.3 is 6.03 Å². The quantitative estimate of drug-likeness (QED) is 0.651. The van der Waals surface area contributed by atoms with E-state index >= 15 is 0 Å². The molecule has 2 aliphatic rings. The van der Waals surface area contributed by atoms with Crippen molar-refractivity contribution in [3.05, 3.63) is 71.1 Å². The van der Waals surface area contributed by atoms with Crippen LogP contribution in [0.25, 0.3) is 5.69 Å². The molecule has 1 fully saturated rings. The minimum Gasteiger partial charge on any atom is -0.325 e. The summed E-state index contributed by atoms with van der Waals surface area (Å²) < 4.78 is 16.9. The summed E-state index contributed by atoms with van der Waals surface area (Å²) in [5.74, 6) is 1.04. The molecule has 0 spiro atoms. The molecule has 1 saturated heterocycles. The smallest absolute Gasteiger partial charge is 0.321 e. The second-order valence-electron chi connectivity index (χ2n) is 8.76. The van der Waals surface area contributed by atoms with Crippen LogP contribution < -0.4 is 5.32 Å². The Labute approximate surface area is 186 Å². The Balaban J connectivity index is 1.69. The number of urea groups is 1. The van der Waals surface area contributed by atoms with Gasteiger partial charge < -0.3 is 10.2 Å². The summed E-state index contributed by atoms with van der Waals surface area (Å²) >= 11 is 0. The van der Waals surface area contributed by atoms with Gasteiger partial charge in [-0.1, -0.05) is 12.1 Å². The number of hydrogen-bond donors (Lipinski definition) is 1. The number of fused-ring (bicyclic) bond motifs is 3. The van der Waals surface area contributed by atoms with E-state index in [9.17, 15) is 9.18 Å². The monoisotopic (exact) mass is 432 g/mol. The molecular formula is C24H25FN6O. The highest BCUT2D eigenvalue weighted by Crippen LogP contribution is 2.35. The lowest BCUT2D eigenvalue weighted by Gasteiger charge is -2.18. The molecule has 7 nitrogen and oxygen atoms in total. The van der Waals surface area contributed by atoms with Crippen molar-refractivity contribution in [2.75, 3.05) is 18.4 Å². The van der Waals surface area contributed by atoms with Gasteiger partial charge in [-0.3, -0.25) is 9.56 Å². The van der Waals surface area contributed by atoms with Crippen molar-refractivity contribution in [2.24, 2.45) is 4.99 Å². The third-order valence-corrected chi connectivity index (χ3v) is 6.03. The summed E-state index contributed by atoms with van der Waals surface area (Å²) in [7, 11) is 0. The van der Waals surface area contributed by atoms with Crippen LogP contribution in [0.1, 0.15) is 49.5 Å². The number of hydrogen-bond acceptors (Lipinski definition) is 4. The molecule has 0 radical (unpaired) electrons. The van der Waals surface area contributed by atoms with Crippen LogP contribution >= 0.6 is 0 Å². The maximum atomic E-state index is 14.9. The van der Waals surface area contributed by atoms with E-state index in [-0.39, 0.29) is 11.8 Å². The van der Waals surface area contributed by atoms with E-state index in [1.165, 1.54) is 6.07 Å². The largest absolute Gasteiger partial charge is 0.325 e. The molecule has 0 bridgehead atoms. The molecule has 164 valence electrons. The molecule has 2 aliphatic heterocycles. The second-order valence-corrected chi connectivity index (χ2v) is 8.76. The summed E-state index contributed by atoms with van der Waals surface area (Å²) in [6, 6.07) is 12.1. The first-order chi connectivity index (χ1) is 15.3. The molecule has 8 heteroatoms. The average Bonchev–Trinajstić information content (AvgIpc) is 3.41. The molecule has 0 saturated carbocycles. The third kappa shape index (κ3) is 3.36. The van der Waals surface area contributed by atoms with Gasteiger partial charge in [0, 0.05) is 29.9 Å². The summed E-state index contributed by atoms with van der Waals surface area (Å²) in [4.78, 5) is 19.4. The fourth-order valence-corrected chi connectivity index (χ4v) is 4.42. The Morgan fingerprint density at radius 2 is 1.81 bits per heavy atom. The van der Waals surface area contributed by atoms with Crippen molar-refractivity contribution < 1.29 is 9.18 Å². The van der Waals surface area contributed by atoms with Crippen LogP contribution in [0.15, 0.2) is 47.5 Å². The maximum absolute atomic E-state index is 14.9. The van der Waals surface area contributed by atoms with Crippen molar-refractivity contribution in [2.45, 2.75) is 39.2 Å². The van der Waals surface area contributed by atoms with Crippen LogP contribution in [0, 0.1) is 12.7 Å². The minimum absolute atomic E-state index is 0.123. The highest BCUT2D eigenvalue weighted by molar-refractivity contribution is 6.16. The number of nitrogens with one attached hydrogen (secondary N) is 1. The van der Waals surface area contributed by atoms with Gasteiger partial charge in [-0.25, -0.2) is 9.18 Å². The molecule has 32 heavy (non-hydrogen) atoms. The predicted molar refractivity (Wildman–Crippen MR) is 121 cm³/mol. The van der Waals surface area contributed by atoms with Crippen LogP contribution in [0.3, 0.4) is 0 Å². The van der Waals surface area contributed by atoms with Crippen molar-refractivity contribution >= 4 is 17.4 Å². The fraction of sp³-hybridized carbons (Fsp3) is 0.333. The Kier molecular flexibility index (Phi) is 4.80. The SMILES string of the molecule is Cc1nnc2n1-c1ccc(NC(=O)N3CCCC3)cc1C(c1ccccc1F)=NC2(C)C. The van der Waals surface area contributed by atoms with Crippen molar-refractivity contribution in [3.63, 3.8) is 0 Å². The zero-order valence-electron chi connectivity index (χ0n) is 18.4. The van der Waals surface area contributed by atoms with E-state index in [1.54, 1.807) is 18.2 Å². The number of rotatable bonds is 2. The molecule has 5 rings (SSSR count). The average molecular weight is 433 g/mol. The zero-order chi connectivity index (χ0) is 22.5. The molecule has 2 aromatic carbocycles. The van der Waals surface area contributed by atoms with E-state index in [1.807, 2.05) is 48.4 Å². The van der Waals surface area contributed by atoms with Gasteiger partial charge in [0.2, 0.25) is 0 Å². The molecule has 1 N–H and O–H groups in total. The summed E-state index contributed by atoms with van der Waals surface area (Å²) in [5.41, 5.74) is 2.33. The van der Waals surface area contributed by atoms with Crippen LogP contribution in [0.5, 0.6) is 0 Å². The Morgan fingerprint density at radius 3 is 2.56 bits per heavy atom. The van der Waals surface area contributed by atoms with Gasteiger partial charge in [0.15, 0.2) is 5.82 Å². The van der Waals surface area contributed by atoms with Crippen LogP contribution in [-0.4, -0.2) is 44.5 Å². The second kappa shape index (κ2) is 7.55. The molecule has 3 aromatic rings. The first kappa shape index (κ1) is 20.4. The predicted octanol–water partition coefficient (Wildman–Crippen LogP) is 4.43. The first-order valence-electron chi connectivity index (χ1n) is 10.8. The summed E-state index contributed by atoms with van der Waals surface area (Å²) in [5, 5.41) is 11.6. The fourth-order valence-electron chi connectivity index (χ4n) is 4.42. The molecular weight excluding hydrogens is 407 g/mol. The van der Waals surface area contributed by atoms with Gasteiger partial charge in [0.1, 0.15) is 17.2 Å². The standard InChI is InChI=1S/C24H25FN6O/c1-15-28-29-22-24(2,3)27-21(17-8-4-5-9-19(17)25)18-14-16(10-11-20(18)31(15)22)26-23(32)30-12-6-7-13-30/h4-5,8-11,14H,6-7,12-13H2,1-3H3,(H,26,32). The Bertz CT molecular complexity index is 1240. The number of anilines is 1. The van der Waals surface area contributed by atoms with Crippen molar-refractivity contribution in [1.29, 1.82) is 0 Å². The minimum atomic E-state index is -0.739. The lowest BCUT2D eigenvalue weighted by molar-refractivity contribution is 0.222. The molecule has 0 aliphatic carbocycles. The van der Waals surface area contributed by atoms with Crippen molar-refractivity contribution in [3.8, 4) is 5.69 Å². The van der Waals surface area contributed by atoms with Gasteiger partial charge in [0.25, 0.3) is 0 Å². The lowest BCUT2D eigenvalue weighted by atomic mass is 9.98. The van der Waals surface area contributed by atoms with Gasteiger partial charge in [0.05, 0.1) is 11.4 Å². The van der Waals surface area contributed by atoms with Crippen LogP contribution in [0.2, 0.25) is 0 Å². The number of carbonyl (C=O) groups is 1. The zero-order valence-corrected chi connectivity index (χ0v) is 18.4. The van der Waals surface area contributed by atoms with E-state index in [0.717, 1.165) is 31.6 Å². The van der Waals surface area contributed by atoms with Crippen LogP contribution in [0.4, 0.5) is 14.9 Å². The van der Waals surface area contributed by atoms with Crippen LogP contribution in [-0.2, 0) is 5.54 Å². The molecule has 0 atom stereocenters. The number of nitrogens with zero attached hydrogens (tertiary/aromatic N) is 5. The normalized spacial score (nSPS) is 16.8. The van der Waals surface area contributed by atoms with Gasteiger partial charge in [-0.05, 0) is 63.9 Å². The summed E-state index contributed by atoms with van der Waals surface area (Å²) in [6.45, 7) is 7.28. The number of aromatic nitrogens is 3.